The van der Waals surface area contributed by atoms with E-state index in [4.69, 9.17) is 4.74 Å². The summed E-state index contributed by atoms with van der Waals surface area (Å²) in [5.41, 5.74) is 1.34. The van der Waals surface area contributed by atoms with Crippen LogP contribution in [0.2, 0.25) is 0 Å². The molecule has 2 aliphatic rings. The number of rotatable bonds is 2. The summed E-state index contributed by atoms with van der Waals surface area (Å²) in [6.07, 6.45) is 1.48. The van der Waals surface area contributed by atoms with Gasteiger partial charge in [0.15, 0.2) is 0 Å². The van der Waals surface area contributed by atoms with Gasteiger partial charge in [-0.15, -0.1) is 0 Å². The summed E-state index contributed by atoms with van der Waals surface area (Å²) >= 11 is 0. The molecule has 2 heterocycles. The first-order chi connectivity index (χ1) is 10.5. The topological polar surface area (TPSA) is 82.6 Å². The molecule has 1 saturated carbocycles. The van der Waals surface area contributed by atoms with Gasteiger partial charge in [0.05, 0.1) is 18.8 Å². The Balaban J connectivity index is 1.90. The van der Waals surface area contributed by atoms with E-state index in [1.165, 1.54) is 0 Å². The predicted octanol–water partition coefficient (Wildman–Crippen LogP) is 0.604. The molecule has 0 bridgehead atoms. The third-order valence-electron chi connectivity index (χ3n) is 4.73. The second-order valence-electron chi connectivity index (χ2n) is 6.33. The van der Waals surface area contributed by atoms with Crippen molar-refractivity contribution in [1.82, 2.24) is 9.88 Å². The van der Waals surface area contributed by atoms with E-state index in [0.29, 0.717) is 18.7 Å². The van der Waals surface area contributed by atoms with Crippen LogP contribution in [0.25, 0.3) is 0 Å². The van der Waals surface area contributed by atoms with Gasteiger partial charge in [-0.2, -0.15) is 0 Å². The Labute approximate surface area is 129 Å². The molecule has 1 amide bonds. The van der Waals surface area contributed by atoms with E-state index in [2.05, 4.69) is 4.98 Å². The lowest BCUT2D eigenvalue weighted by molar-refractivity contribution is -0.0449. The van der Waals surface area contributed by atoms with Crippen LogP contribution in [0.5, 0.6) is 0 Å². The number of ether oxygens (including phenoxy) is 1. The smallest absolute Gasteiger partial charge is 0.261 e. The summed E-state index contributed by atoms with van der Waals surface area (Å²) in [5.74, 6) is -0.0589. The third-order valence-corrected chi connectivity index (χ3v) is 4.73. The van der Waals surface area contributed by atoms with Gasteiger partial charge >= 0.3 is 0 Å². The number of pyridine rings is 1. The minimum absolute atomic E-state index is 0.0281. The van der Waals surface area contributed by atoms with Crippen LogP contribution >= 0.6 is 0 Å². The Kier molecular flexibility index (Phi) is 4.06. The number of hydrogen-bond donors (Lipinski definition) is 2. The molecule has 22 heavy (non-hydrogen) atoms. The second-order valence-corrected chi connectivity index (χ2v) is 6.33. The zero-order chi connectivity index (χ0) is 15.9. The standard InChI is InChI=1S/C16H22N2O4/c1-9-5-10(2)17-15(20)14(9)16(21)18-3-4-22-13-7-11(8-19)6-12(13)18/h5,11-13,19H,3-4,6-8H2,1-2H3,(H,17,20)/t11-,12+,13?/m1/s1. The number of amides is 1. The number of hydrogen-bond acceptors (Lipinski definition) is 4. The lowest BCUT2D eigenvalue weighted by Crippen LogP contribution is -2.52. The number of aliphatic hydroxyl groups is 1. The monoisotopic (exact) mass is 306 g/mol. The zero-order valence-corrected chi connectivity index (χ0v) is 13.0. The molecule has 6 heteroatoms. The fourth-order valence-electron chi connectivity index (χ4n) is 3.71. The van der Waals surface area contributed by atoms with Crippen LogP contribution in [-0.2, 0) is 4.74 Å². The first-order valence-electron chi connectivity index (χ1n) is 7.75. The van der Waals surface area contributed by atoms with Crippen molar-refractivity contribution in [2.75, 3.05) is 19.8 Å². The van der Waals surface area contributed by atoms with Crippen molar-refractivity contribution in [3.05, 3.63) is 33.2 Å². The van der Waals surface area contributed by atoms with Crippen molar-refractivity contribution < 1.29 is 14.6 Å². The molecule has 0 spiro atoms. The SMILES string of the molecule is Cc1cc(C)c(C(=O)N2CCOC3C[C@H](CO)C[C@@H]32)c(=O)[nH]1. The summed E-state index contributed by atoms with van der Waals surface area (Å²) < 4.78 is 5.74. The Morgan fingerprint density at radius 3 is 2.91 bits per heavy atom. The summed E-state index contributed by atoms with van der Waals surface area (Å²) in [4.78, 5) is 29.5. The molecule has 0 radical (unpaired) electrons. The van der Waals surface area contributed by atoms with E-state index in [-0.39, 0.29) is 41.7 Å². The summed E-state index contributed by atoms with van der Waals surface area (Å²) in [5, 5.41) is 9.36. The fourth-order valence-corrected chi connectivity index (χ4v) is 3.71. The van der Waals surface area contributed by atoms with E-state index < -0.39 is 0 Å². The van der Waals surface area contributed by atoms with Crippen molar-refractivity contribution in [3.63, 3.8) is 0 Å². The van der Waals surface area contributed by atoms with Gasteiger partial charge in [-0.25, -0.2) is 0 Å². The predicted molar refractivity (Wildman–Crippen MR) is 80.9 cm³/mol. The fraction of sp³-hybridized carbons (Fsp3) is 0.625. The van der Waals surface area contributed by atoms with Gasteiger partial charge in [0.25, 0.3) is 11.5 Å². The van der Waals surface area contributed by atoms with Gasteiger partial charge in [0.2, 0.25) is 0 Å². The highest BCUT2D eigenvalue weighted by atomic mass is 16.5. The number of aryl methyl sites for hydroxylation is 2. The number of morpholine rings is 1. The highest BCUT2D eigenvalue weighted by Crippen LogP contribution is 2.34. The van der Waals surface area contributed by atoms with E-state index in [1.807, 2.05) is 6.07 Å². The van der Waals surface area contributed by atoms with Crippen LogP contribution in [-0.4, -0.2) is 52.8 Å². The molecular weight excluding hydrogens is 284 g/mol. The maximum Gasteiger partial charge on any atom is 0.261 e. The first-order valence-corrected chi connectivity index (χ1v) is 7.75. The molecule has 1 saturated heterocycles. The number of fused-ring (bicyclic) bond motifs is 1. The third kappa shape index (κ3) is 2.57. The number of aromatic nitrogens is 1. The molecule has 1 aliphatic carbocycles. The molecule has 6 nitrogen and oxygen atoms in total. The molecule has 2 N–H and O–H groups in total. The van der Waals surface area contributed by atoms with Crippen LogP contribution in [0.15, 0.2) is 10.9 Å². The van der Waals surface area contributed by atoms with Crippen LogP contribution in [0, 0.1) is 19.8 Å². The van der Waals surface area contributed by atoms with Crippen LogP contribution in [0.4, 0.5) is 0 Å². The molecular formula is C16H22N2O4. The Morgan fingerprint density at radius 1 is 1.45 bits per heavy atom. The normalized spacial score (nSPS) is 27.8. The maximum atomic E-state index is 12.9. The second kappa shape index (κ2) is 5.85. The lowest BCUT2D eigenvalue weighted by atomic mass is 10.0. The van der Waals surface area contributed by atoms with Crippen molar-refractivity contribution in [2.24, 2.45) is 5.92 Å². The lowest BCUT2D eigenvalue weighted by Gasteiger charge is -2.37. The van der Waals surface area contributed by atoms with Gasteiger partial charge < -0.3 is 19.7 Å². The number of aromatic amines is 1. The van der Waals surface area contributed by atoms with Crippen molar-refractivity contribution in [2.45, 2.75) is 38.8 Å². The largest absolute Gasteiger partial charge is 0.396 e. The van der Waals surface area contributed by atoms with E-state index >= 15 is 0 Å². The molecule has 3 atom stereocenters. The van der Waals surface area contributed by atoms with Gasteiger partial charge in [0.1, 0.15) is 5.56 Å². The Morgan fingerprint density at radius 2 is 2.23 bits per heavy atom. The number of carbonyl (C=O) groups excluding carboxylic acids is 1. The highest BCUT2D eigenvalue weighted by molar-refractivity contribution is 5.95. The number of nitrogens with zero attached hydrogens (tertiary/aromatic N) is 1. The molecule has 1 aliphatic heterocycles. The van der Waals surface area contributed by atoms with Crippen LogP contribution in [0.3, 0.4) is 0 Å². The molecule has 2 fully saturated rings. The number of H-pyrrole nitrogens is 1. The van der Waals surface area contributed by atoms with Gasteiger partial charge in [-0.3, -0.25) is 9.59 Å². The Hall–Kier alpha value is -1.66. The van der Waals surface area contributed by atoms with Crippen molar-refractivity contribution in [3.8, 4) is 0 Å². The molecule has 1 unspecified atom stereocenters. The number of nitrogens with one attached hydrogen (secondary N) is 1. The molecule has 0 aromatic carbocycles. The summed E-state index contributed by atoms with van der Waals surface area (Å²) in [6.45, 7) is 4.68. The van der Waals surface area contributed by atoms with Gasteiger partial charge in [-0.05, 0) is 44.2 Å². The van der Waals surface area contributed by atoms with E-state index in [0.717, 1.165) is 18.5 Å². The van der Waals surface area contributed by atoms with E-state index in [1.54, 1.807) is 18.7 Å². The minimum atomic E-state index is -0.331. The highest BCUT2D eigenvalue weighted by Gasteiger charge is 2.43. The Bertz CT molecular complexity index is 640. The average Bonchev–Trinajstić information content (AvgIpc) is 2.88. The minimum Gasteiger partial charge on any atom is -0.396 e. The first kappa shape index (κ1) is 15.2. The zero-order valence-electron chi connectivity index (χ0n) is 13.0. The number of carbonyl (C=O) groups is 1. The van der Waals surface area contributed by atoms with Gasteiger partial charge in [0, 0.05) is 18.8 Å². The van der Waals surface area contributed by atoms with Crippen LogP contribution in [0.1, 0.15) is 34.5 Å². The van der Waals surface area contributed by atoms with Crippen molar-refractivity contribution >= 4 is 5.91 Å². The quantitative estimate of drug-likeness (QED) is 0.838. The molecule has 1 aromatic heterocycles. The average molecular weight is 306 g/mol. The molecule has 120 valence electrons. The summed E-state index contributed by atoms with van der Waals surface area (Å²) in [6, 6.07) is 1.77. The number of aliphatic hydroxyl groups excluding tert-OH is 1. The molecule has 3 rings (SSSR count). The molecule has 1 aromatic rings. The van der Waals surface area contributed by atoms with Gasteiger partial charge in [-0.1, -0.05) is 0 Å². The van der Waals surface area contributed by atoms with Crippen molar-refractivity contribution in [1.29, 1.82) is 0 Å². The maximum absolute atomic E-state index is 12.9. The van der Waals surface area contributed by atoms with Crippen LogP contribution < -0.4 is 5.56 Å². The summed E-state index contributed by atoms with van der Waals surface area (Å²) in [7, 11) is 0. The van der Waals surface area contributed by atoms with E-state index in [9.17, 15) is 14.7 Å².